The van der Waals surface area contributed by atoms with Gasteiger partial charge in [0, 0.05) is 50.6 Å². The third kappa shape index (κ3) is 3.33. The lowest BCUT2D eigenvalue weighted by Crippen LogP contribution is -2.41. The van der Waals surface area contributed by atoms with Crippen LogP contribution in [0.15, 0.2) is 61.6 Å². The monoisotopic (exact) mass is 335 g/mol. The van der Waals surface area contributed by atoms with Crippen LogP contribution in [0.1, 0.15) is 34.9 Å². The third-order valence-electron chi connectivity index (χ3n) is 4.75. The maximum atomic E-state index is 13.1. The van der Waals surface area contributed by atoms with Gasteiger partial charge < -0.3 is 14.0 Å². The van der Waals surface area contributed by atoms with Crippen LogP contribution in [0.25, 0.3) is 0 Å². The molecule has 0 radical (unpaired) electrons. The van der Waals surface area contributed by atoms with Crippen LogP contribution in [0.2, 0.25) is 0 Å². The Morgan fingerprint density at radius 2 is 2.12 bits per heavy atom. The maximum Gasteiger partial charge on any atom is 0.270 e. The summed E-state index contributed by atoms with van der Waals surface area (Å²) in [5.74, 6) is 0.0960. The molecule has 4 rings (SSSR count). The Morgan fingerprint density at radius 3 is 2.92 bits per heavy atom. The molecule has 0 unspecified atom stereocenters. The molecule has 1 atom stereocenters. The van der Waals surface area contributed by atoms with Gasteiger partial charge in [-0.3, -0.25) is 9.78 Å². The number of aromatic nitrogens is 4. The van der Waals surface area contributed by atoms with E-state index in [1.54, 1.807) is 12.4 Å². The van der Waals surface area contributed by atoms with Crippen molar-refractivity contribution in [3.8, 4) is 0 Å². The van der Waals surface area contributed by atoms with E-state index < -0.39 is 0 Å². The molecule has 1 fully saturated rings. The van der Waals surface area contributed by atoms with Gasteiger partial charge in [-0.25, -0.2) is 4.98 Å². The Bertz CT molecular complexity index is 825. The number of piperidine rings is 1. The summed E-state index contributed by atoms with van der Waals surface area (Å²) < 4.78 is 4.11. The fourth-order valence-electron chi connectivity index (χ4n) is 3.46. The normalized spacial score (nSPS) is 17.6. The topological polar surface area (TPSA) is 56.0 Å². The van der Waals surface area contributed by atoms with Crippen LogP contribution in [0.3, 0.4) is 0 Å². The fraction of sp³-hybridized carbons (Fsp3) is 0.316. The largest absolute Gasteiger partial charge is 0.339 e. The van der Waals surface area contributed by atoms with E-state index in [1.807, 2.05) is 58.7 Å². The van der Waals surface area contributed by atoms with E-state index in [9.17, 15) is 4.79 Å². The zero-order valence-electron chi connectivity index (χ0n) is 14.0. The molecular weight excluding hydrogens is 314 g/mol. The summed E-state index contributed by atoms with van der Waals surface area (Å²) in [6.07, 6.45) is 13.2. The average molecular weight is 335 g/mol. The first-order valence-electron chi connectivity index (χ1n) is 8.62. The summed E-state index contributed by atoms with van der Waals surface area (Å²) in [5, 5.41) is 0. The predicted molar refractivity (Wildman–Crippen MR) is 94.2 cm³/mol. The smallest absolute Gasteiger partial charge is 0.270 e. The van der Waals surface area contributed by atoms with Crippen molar-refractivity contribution in [3.05, 3.63) is 72.8 Å². The molecule has 3 aromatic rings. The number of hydrogen-bond donors (Lipinski definition) is 0. The lowest BCUT2D eigenvalue weighted by molar-refractivity contribution is 0.0669. The number of pyridine rings is 1. The van der Waals surface area contributed by atoms with Gasteiger partial charge >= 0.3 is 0 Å². The SMILES string of the molecule is O=C(c1cccn1Cc1cccnc1)N1CCC[C@@H](n2ccnc2)C1. The molecule has 6 nitrogen and oxygen atoms in total. The Balaban J connectivity index is 1.50. The van der Waals surface area contributed by atoms with Gasteiger partial charge in [0.25, 0.3) is 5.91 Å². The van der Waals surface area contributed by atoms with Crippen molar-refractivity contribution < 1.29 is 4.79 Å². The molecule has 0 aromatic carbocycles. The number of carbonyl (C=O) groups excluding carboxylic acids is 1. The Kier molecular flexibility index (Phi) is 4.33. The van der Waals surface area contributed by atoms with Gasteiger partial charge in [-0.2, -0.15) is 0 Å². The number of nitrogens with zero attached hydrogens (tertiary/aromatic N) is 5. The average Bonchev–Trinajstić information content (AvgIpc) is 3.34. The van der Waals surface area contributed by atoms with Crippen LogP contribution >= 0.6 is 0 Å². The third-order valence-corrected chi connectivity index (χ3v) is 4.75. The number of rotatable bonds is 4. The summed E-state index contributed by atoms with van der Waals surface area (Å²) in [4.78, 5) is 23.3. The van der Waals surface area contributed by atoms with E-state index in [2.05, 4.69) is 14.5 Å². The van der Waals surface area contributed by atoms with E-state index in [0.29, 0.717) is 12.6 Å². The van der Waals surface area contributed by atoms with Crippen LogP contribution in [-0.4, -0.2) is 43.0 Å². The summed E-state index contributed by atoms with van der Waals surface area (Å²) in [6, 6.07) is 8.08. The lowest BCUT2D eigenvalue weighted by atomic mass is 10.1. The second-order valence-electron chi connectivity index (χ2n) is 6.44. The van der Waals surface area contributed by atoms with Gasteiger partial charge in [0.2, 0.25) is 0 Å². The molecule has 6 heteroatoms. The number of likely N-dealkylation sites (tertiary alicyclic amines) is 1. The number of amides is 1. The van der Waals surface area contributed by atoms with Crippen molar-refractivity contribution in [3.63, 3.8) is 0 Å². The van der Waals surface area contributed by atoms with Crippen molar-refractivity contribution >= 4 is 5.91 Å². The molecule has 0 aliphatic carbocycles. The van der Waals surface area contributed by atoms with E-state index in [4.69, 9.17) is 0 Å². The molecule has 0 N–H and O–H groups in total. The first-order chi connectivity index (χ1) is 12.3. The quantitative estimate of drug-likeness (QED) is 0.736. The Labute approximate surface area is 146 Å². The minimum absolute atomic E-state index is 0.0960. The van der Waals surface area contributed by atoms with E-state index in [-0.39, 0.29) is 5.91 Å². The van der Waals surface area contributed by atoms with Crippen molar-refractivity contribution in [1.29, 1.82) is 0 Å². The molecular formula is C19H21N5O. The number of imidazole rings is 1. The summed E-state index contributed by atoms with van der Waals surface area (Å²) in [5.41, 5.74) is 1.82. The van der Waals surface area contributed by atoms with Crippen LogP contribution in [0, 0.1) is 0 Å². The molecule has 4 heterocycles. The Morgan fingerprint density at radius 1 is 1.16 bits per heavy atom. The van der Waals surface area contributed by atoms with Gasteiger partial charge in [0.1, 0.15) is 5.69 Å². The predicted octanol–water partition coefficient (Wildman–Crippen LogP) is 2.61. The minimum Gasteiger partial charge on any atom is -0.339 e. The fourth-order valence-corrected chi connectivity index (χ4v) is 3.46. The standard InChI is InChI=1S/C19H21N5O/c25-19(23-10-2-5-17(14-23)24-11-8-21-15-24)18-6-3-9-22(18)13-16-4-1-7-20-12-16/h1,3-4,6-9,11-12,15,17H,2,5,10,13-14H2/t17-/m1/s1. The highest BCUT2D eigenvalue weighted by molar-refractivity contribution is 5.92. The molecule has 128 valence electrons. The summed E-state index contributed by atoms with van der Waals surface area (Å²) >= 11 is 0. The van der Waals surface area contributed by atoms with Gasteiger partial charge in [-0.15, -0.1) is 0 Å². The van der Waals surface area contributed by atoms with Gasteiger partial charge in [-0.05, 0) is 36.6 Å². The Hall–Kier alpha value is -2.89. The van der Waals surface area contributed by atoms with Crippen molar-refractivity contribution in [2.75, 3.05) is 13.1 Å². The van der Waals surface area contributed by atoms with Crippen molar-refractivity contribution in [2.45, 2.75) is 25.4 Å². The molecule has 0 saturated carbocycles. The molecule has 1 amide bonds. The van der Waals surface area contributed by atoms with Crippen molar-refractivity contribution in [2.24, 2.45) is 0 Å². The number of carbonyl (C=O) groups is 1. The van der Waals surface area contributed by atoms with Crippen LogP contribution in [-0.2, 0) is 6.54 Å². The van der Waals surface area contributed by atoms with Gasteiger partial charge in [0.05, 0.1) is 12.4 Å². The van der Waals surface area contributed by atoms with Crippen LogP contribution in [0.4, 0.5) is 0 Å². The van der Waals surface area contributed by atoms with E-state index in [0.717, 1.165) is 37.2 Å². The molecule has 0 bridgehead atoms. The van der Waals surface area contributed by atoms with Crippen LogP contribution < -0.4 is 0 Å². The molecule has 1 aliphatic rings. The summed E-state index contributed by atoms with van der Waals surface area (Å²) in [7, 11) is 0. The first kappa shape index (κ1) is 15.6. The highest BCUT2D eigenvalue weighted by Crippen LogP contribution is 2.23. The highest BCUT2D eigenvalue weighted by atomic mass is 16.2. The van der Waals surface area contributed by atoms with E-state index >= 15 is 0 Å². The molecule has 0 spiro atoms. The minimum atomic E-state index is 0.0960. The molecule has 25 heavy (non-hydrogen) atoms. The highest BCUT2D eigenvalue weighted by Gasteiger charge is 2.26. The second-order valence-corrected chi connectivity index (χ2v) is 6.44. The molecule has 1 saturated heterocycles. The zero-order valence-corrected chi connectivity index (χ0v) is 14.0. The summed E-state index contributed by atoms with van der Waals surface area (Å²) in [6.45, 7) is 2.19. The van der Waals surface area contributed by atoms with Crippen molar-refractivity contribution in [1.82, 2.24) is 24.0 Å². The first-order valence-corrected chi connectivity index (χ1v) is 8.62. The maximum absolute atomic E-state index is 13.1. The lowest BCUT2D eigenvalue weighted by Gasteiger charge is -2.33. The molecule has 3 aromatic heterocycles. The second kappa shape index (κ2) is 6.93. The van der Waals surface area contributed by atoms with E-state index in [1.165, 1.54) is 0 Å². The van der Waals surface area contributed by atoms with Gasteiger partial charge in [-0.1, -0.05) is 6.07 Å². The van der Waals surface area contributed by atoms with Gasteiger partial charge in [0.15, 0.2) is 0 Å². The number of hydrogen-bond acceptors (Lipinski definition) is 3. The van der Waals surface area contributed by atoms with Crippen LogP contribution in [0.5, 0.6) is 0 Å². The molecule has 1 aliphatic heterocycles. The zero-order chi connectivity index (χ0) is 17.1.